The lowest BCUT2D eigenvalue weighted by Crippen LogP contribution is -2.30. The number of aryl methyl sites for hydroxylation is 2. The minimum Gasteiger partial charge on any atom is -0.481 e. The van der Waals surface area contributed by atoms with Crippen molar-refractivity contribution >= 4 is 23.2 Å². The Morgan fingerprint density at radius 3 is 2.41 bits per heavy atom. The topological polar surface area (TPSA) is 38.3 Å². The van der Waals surface area contributed by atoms with Gasteiger partial charge in [0, 0.05) is 5.69 Å². The normalized spacial score (nSPS) is 11.9. The number of hydrogen-bond donors (Lipinski definition) is 1. The van der Waals surface area contributed by atoms with Gasteiger partial charge in [0.05, 0.1) is 5.02 Å². The van der Waals surface area contributed by atoms with E-state index in [1.807, 2.05) is 32.0 Å². The summed E-state index contributed by atoms with van der Waals surface area (Å²) >= 11 is 5.68. The first-order valence-corrected chi connectivity index (χ1v) is 7.24. The van der Waals surface area contributed by atoms with Gasteiger partial charge in [0.1, 0.15) is 11.6 Å². The van der Waals surface area contributed by atoms with E-state index < -0.39 is 11.9 Å². The summed E-state index contributed by atoms with van der Waals surface area (Å²) in [5, 5.41) is 2.60. The molecule has 0 unspecified atom stereocenters. The minimum atomic E-state index is -0.690. The van der Waals surface area contributed by atoms with E-state index in [0.717, 1.165) is 11.1 Å². The molecule has 0 fully saturated rings. The number of carbonyl (C=O) groups excluding carboxylic acids is 1. The average molecular weight is 322 g/mol. The number of hydrogen-bond acceptors (Lipinski definition) is 2. The summed E-state index contributed by atoms with van der Waals surface area (Å²) in [5.74, 6) is -0.224. The molecule has 0 spiro atoms. The van der Waals surface area contributed by atoms with Crippen molar-refractivity contribution in [2.75, 3.05) is 5.32 Å². The van der Waals surface area contributed by atoms with E-state index in [-0.39, 0.29) is 10.9 Å². The number of rotatable bonds is 4. The van der Waals surface area contributed by atoms with E-state index in [9.17, 15) is 9.18 Å². The predicted molar refractivity (Wildman–Crippen MR) is 86.0 cm³/mol. The first-order chi connectivity index (χ1) is 10.3. The number of ether oxygens (including phenoxy) is 1. The molecule has 1 amide bonds. The van der Waals surface area contributed by atoms with Crippen LogP contribution in [0, 0.1) is 19.7 Å². The van der Waals surface area contributed by atoms with Gasteiger partial charge >= 0.3 is 0 Å². The van der Waals surface area contributed by atoms with Crippen LogP contribution in [0.1, 0.15) is 18.1 Å². The number of carbonyl (C=O) groups is 1. The first-order valence-electron chi connectivity index (χ1n) is 6.86. The number of anilines is 1. The van der Waals surface area contributed by atoms with Crippen molar-refractivity contribution in [3.05, 3.63) is 58.4 Å². The minimum absolute atomic E-state index is 0.0410. The Morgan fingerprint density at radius 1 is 1.18 bits per heavy atom. The van der Waals surface area contributed by atoms with Crippen molar-refractivity contribution in [1.29, 1.82) is 0 Å². The van der Waals surface area contributed by atoms with E-state index in [1.165, 1.54) is 18.2 Å². The van der Waals surface area contributed by atoms with Crippen molar-refractivity contribution < 1.29 is 13.9 Å². The van der Waals surface area contributed by atoms with E-state index in [1.54, 1.807) is 6.92 Å². The van der Waals surface area contributed by atoms with Crippen LogP contribution in [-0.2, 0) is 4.79 Å². The van der Waals surface area contributed by atoms with Gasteiger partial charge in [0.15, 0.2) is 6.10 Å². The van der Waals surface area contributed by atoms with Crippen LogP contribution >= 0.6 is 11.6 Å². The molecule has 0 aliphatic rings. The Labute approximate surface area is 134 Å². The zero-order valence-electron chi connectivity index (χ0n) is 12.6. The standard InChI is InChI=1S/C17H17ClFNO2/c1-10-6-11(2)8-14(7-10)22-12(3)17(21)20-13-4-5-16(19)15(18)9-13/h4-9,12H,1-3H3,(H,20,21)/t12-/m0/s1. The highest BCUT2D eigenvalue weighted by molar-refractivity contribution is 6.31. The highest BCUT2D eigenvalue weighted by atomic mass is 35.5. The van der Waals surface area contributed by atoms with Gasteiger partial charge in [-0.15, -0.1) is 0 Å². The summed E-state index contributed by atoms with van der Waals surface area (Å²) in [4.78, 5) is 12.1. The zero-order chi connectivity index (χ0) is 16.3. The van der Waals surface area contributed by atoms with Crippen molar-refractivity contribution in [2.24, 2.45) is 0 Å². The van der Waals surface area contributed by atoms with Crippen LogP contribution in [-0.4, -0.2) is 12.0 Å². The molecule has 22 heavy (non-hydrogen) atoms. The Balaban J connectivity index is 2.04. The molecule has 2 aromatic carbocycles. The highest BCUT2D eigenvalue weighted by Crippen LogP contribution is 2.21. The third kappa shape index (κ3) is 4.21. The molecule has 116 valence electrons. The molecule has 1 atom stereocenters. The zero-order valence-corrected chi connectivity index (χ0v) is 13.4. The molecule has 5 heteroatoms. The third-order valence-electron chi connectivity index (χ3n) is 3.06. The maximum Gasteiger partial charge on any atom is 0.265 e. The number of nitrogens with one attached hydrogen (secondary N) is 1. The Morgan fingerprint density at radius 2 is 1.82 bits per heavy atom. The molecule has 0 saturated carbocycles. The average Bonchev–Trinajstić information content (AvgIpc) is 2.41. The lowest BCUT2D eigenvalue weighted by Gasteiger charge is -2.16. The number of amides is 1. The fraction of sp³-hybridized carbons (Fsp3) is 0.235. The van der Waals surface area contributed by atoms with Gasteiger partial charge < -0.3 is 10.1 Å². The molecule has 0 saturated heterocycles. The van der Waals surface area contributed by atoms with Crippen LogP contribution in [0.5, 0.6) is 5.75 Å². The van der Waals surface area contributed by atoms with E-state index in [0.29, 0.717) is 11.4 Å². The Bertz CT molecular complexity index is 683. The molecule has 0 bridgehead atoms. The molecule has 3 nitrogen and oxygen atoms in total. The summed E-state index contributed by atoms with van der Waals surface area (Å²) in [6, 6.07) is 9.77. The fourth-order valence-corrected chi connectivity index (χ4v) is 2.26. The summed E-state index contributed by atoms with van der Waals surface area (Å²) in [6.07, 6.45) is -0.690. The van der Waals surface area contributed by atoms with Crippen molar-refractivity contribution in [1.82, 2.24) is 0 Å². The van der Waals surface area contributed by atoms with Gasteiger partial charge in [0.25, 0.3) is 5.91 Å². The molecule has 2 aromatic rings. The van der Waals surface area contributed by atoms with Gasteiger partial charge in [0.2, 0.25) is 0 Å². The van der Waals surface area contributed by atoms with Crippen LogP contribution in [0.2, 0.25) is 5.02 Å². The maximum absolute atomic E-state index is 13.1. The molecular formula is C17H17ClFNO2. The molecule has 0 heterocycles. The Kier molecular flexibility index (Phi) is 5.03. The van der Waals surface area contributed by atoms with Crippen LogP contribution in [0.3, 0.4) is 0 Å². The van der Waals surface area contributed by atoms with Crippen molar-refractivity contribution in [3.63, 3.8) is 0 Å². The molecular weight excluding hydrogens is 305 g/mol. The van der Waals surface area contributed by atoms with E-state index >= 15 is 0 Å². The van der Waals surface area contributed by atoms with Gasteiger partial charge in [-0.25, -0.2) is 4.39 Å². The van der Waals surface area contributed by atoms with Gasteiger partial charge in [-0.2, -0.15) is 0 Å². The van der Waals surface area contributed by atoms with Crippen molar-refractivity contribution in [2.45, 2.75) is 26.9 Å². The molecule has 1 N–H and O–H groups in total. The molecule has 0 aliphatic heterocycles. The second-order valence-corrected chi connectivity index (χ2v) is 5.61. The van der Waals surface area contributed by atoms with Gasteiger partial charge in [-0.1, -0.05) is 17.7 Å². The third-order valence-corrected chi connectivity index (χ3v) is 3.35. The lowest BCUT2D eigenvalue weighted by molar-refractivity contribution is -0.122. The smallest absolute Gasteiger partial charge is 0.265 e. The molecule has 0 aliphatic carbocycles. The monoisotopic (exact) mass is 321 g/mol. The van der Waals surface area contributed by atoms with Crippen LogP contribution in [0.4, 0.5) is 10.1 Å². The summed E-state index contributed by atoms with van der Waals surface area (Å²) in [6.45, 7) is 5.58. The molecule has 0 radical (unpaired) electrons. The SMILES string of the molecule is Cc1cc(C)cc(O[C@@H](C)C(=O)Nc2ccc(F)c(Cl)c2)c1. The second kappa shape index (κ2) is 6.79. The summed E-state index contributed by atoms with van der Waals surface area (Å²) in [5.41, 5.74) is 2.55. The largest absolute Gasteiger partial charge is 0.481 e. The van der Waals surface area contributed by atoms with Gasteiger partial charge in [-0.05, 0) is 62.2 Å². The summed E-state index contributed by atoms with van der Waals surface area (Å²) in [7, 11) is 0. The second-order valence-electron chi connectivity index (χ2n) is 5.20. The van der Waals surface area contributed by atoms with E-state index in [2.05, 4.69) is 5.32 Å². The summed E-state index contributed by atoms with van der Waals surface area (Å²) < 4.78 is 18.7. The van der Waals surface area contributed by atoms with Crippen LogP contribution < -0.4 is 10.1 Å². The predicted octanol–water partition coefficient (Wildman–Crippen LogP) is 4.50. The van der Waals surface area contributed by atoms with E-state index in [4.69, 9.17) is 16.3 Å². The Hall–Kier alpha value is -2.07. The maximum atomic E-state index is 13.1. The first kappa shape index (κ1) is 16.3. The number of benzene rings is 2. The molecule has 0 aromatic heterocycles. The van der Waals surface area contributed by atoms with Gasteiger partial charge in [-0.3, -0.25) is 4.79 Å². The molecule has 2 rings (SSSR count). The number of halogens is 2. The highest BCUT2D eigenvalue weighted by Gasteiger charge is 2.15. The quantitative estimate of drug-likeness (QED) is 0.900. The van der Waals surface area contributed by atoms with Crippen LogP contribution in [0.15, 0.2) is 36.4 Å². The lowest BCUT2D eigenvalue weighted by atomic mass is 10.1. The van der Waals surface area contributed by atoms with Crippen LogP contribution in [0.25, 0.3) is 0 Å². The fourth-order valence-electron chi connectivity index (χ4n) is 2.08. The van der Waals surface area contributed by atoms with Crippen molar-refractivity contribution in [3.8, 4) is 5.75 Å².